The number of nitrogens with two attached hydrogens (primary N) is 1. The topological polar surface area (TPSA) is 114 Å². The molecule has 4 rings (SSSR count). The molecule has 9 nitrogen and oxygen atoms in total. The molecule has 0 saturated carbocycles. The average Bonchev–Trinajstić information content (AvgIpc) is 3.25. The standard InChI is InChI=1S/C25H29ClN4O5/c1-2-34-24(32)16-9-11-29(12-10-16)18-4-6-19(7-5-18)30-15-20(35-25(30)33)14-28-23(31)17-3-8-21(26)22(27)13-17/h3-8,13,16,20H,2,9-12,14-15,27H2,1H3,(H,28,31)/t20-/m0/s1. The zero-order valence-electron chi connectivity index (χ0n) is 19.5. The number of ether oxygens (including phenoxy) is 2. The van der Waals surface area contributed by atoms with Gasteiger partial charge in [0.2, 0.25) is 0 Å². The summed E-state index contributed by atoms with van der Waals surface area (Å²) in [6, 6.07) is 12.3. The molecular weight excluding hydrogens is 472 g/mol. The van der Waals surface area contributed by atoms with Crippen LogP contribution in [0.2, 0.25) is 5.02 Å². The number of rotatable bonds is 7. The van der Waals surface area contributed by atoms with E-state index in [-0.39, 0.29) is 24.3 Å². The number of piperidine rings is 1. The number of esters is 1. The van der Waals surface area contributed by atoms with Gasteiger partial charge in [-0.3, -0.25) is 14.5 Å². The first-order valence-corrected chi connectivity index (χ1v) is 12.1. The van der Waals surface area contributed by atoms with Gasteiger partial charge in [0.05, 0.1) is 36.3 Å². The molecule has 2 saturated heterocycles. The van der Waals surface area contributed by atoms with Gasteiger partial charge in [0, 0.05) is 30.0 Å². The van der Waals surface area contributed by atoms with Crippen molar-refractivity contribution < 1.29 is 23.9 Å². The lowest BCUT2D eigenvalue weighted by molar-refractivity contribution is -0.148. The first-order valence-electron chi connectivity index (χ1n) is 11.7. The highest BCUT2D eigenvalue weighted by Gasteiger charge is 2.33. The average molecular weight is 501 g/mol. The van der Waals surface area contributed by atoms with Crippen molar-refractivity contribution in [3.63, 3.8) is 0 Å². The van der Waals surface area contributed by atoms with Crippen LogP contribution in [0.5, 0.6) is 0 Å². The Morgan fingerprint density at radius 1 is 1.14 bits per heavy atom. The molecule has 2 aliphatic rings. The smallest absolute Gasteiger partial charge is 0.414 e. The van der Waals surface area contributed by atoms with Crippen molar-refractivity contribution in [3.05, 3.63) is 53.1 Å². The van der Waals surface area contributed by atoms with Crippen molar-refractivity contribution in [2.24, 2.45) is 5.92 Å². The van der Waals surface area contributed by atoms with E-state index in [0.29, 0.717) is 29.4 Å². The summed E-state index contributed by atoms with van der Waals surface area (Å²) in [6.07, 6.45) is 0.588. The molecule has 35 heavy (non-hydrogen) atoms. The molecule has 10 heteroatoms. The minimum Gasteiger partial charge on any atom is -0.466 e. The Balaban J connectivity index is 1.29. The molecule has 2 aliphatic heterocycles. The molecule has 0 bridgehead atoms. The quantitative estimate of drug-likeness (QED) is 0.442. The van der Waals surface area contributed by atoms with Gasteiger partial charge < -0.3 is 25.4 Å². The third-order valence-corrected chi connectivity index (χ3v) is 6.61. The van der Waals surface area contributed by atoms with E-state index in [1.54, 1.807) is 17.0 Å². The van der Waals surface area contributed by atoms with E-state index >= 15 is 0 Å². The predicted molar refractivity (Wildman–Crippen MR) is 134 cm³/mol. The van der Waals surface area contributed by atoms with Crippen LogP contribution in [-0.4, -0.2) is 56.9 Å². The highest BCUT2D eigenvalue weighted by Crippen LogP contribution is 2.28. The SMILES string of the molecule is CCOC(=O)C1CCN(c2ccc(N3C[C@H](CNC(=O)c4ccc(Cl)c(N)c4)OC3=O)cc2)CC1. The lowest BCUT2D eigenvalue weighted by Crippen LogP contribution is -2.37. The van der Waals surface area contributed by atoms with Crippen LogP contribution in [0.3, 0.4) is 0 Å². The van der Waals surface area contributed by atoms with Gasteiger partial charge >= 0.3 is 12.1 Å². The van der Waals surface area contributed by atoms with E-state index in [1.807, 2.05) is 31.2 Å². The van der Waals surface area contributed by atoms with E-state index in [0.717, 1.165) is 37.3 Å². The largest absolute Gasteiger partial charge is 0.466 e. The summed E-state index contributed by atoms with van der Waals surface area (Å²) in [4.78, 5) is 40.5. The van der Waals surface area contributed by atoms with Gasteiger partial charge in [-0.05, 0) is 62.2 Å². The number of amides is 2. The Morgan fingerprint density at radius 2 is 1.83 bits per heavy atom. The fourth-order valence-electron chi connectivity index (χ4n) is 4.31. The van der Waals surface area contributed by atoms with Gasteiger partial charge in [0.15, 0.2) is 0 Å². The molecular formula is C25H29ClN4O5. The van der Waals surface area contributed by atoms with Crippen LogP contribution in [0.4, 0.5) is 21.9 Å². The van der Waals surface area contributed by atoms with Crippen molar-refractivity contribution in [3.8, 4) is 0 Å². The molecule has 0 radical (unpaired) electrons. The second-order valence-corrected chi connectivity index (χ2v) is 9.00. The number of hydrogen-bond acceptors (Lipinski definition) is 7. The number of halogens is 1. The van der Waals surface area contributed by atoms with Gasteiger partial charge in [0.25, 0.3) is 5.91 Å². The Kier molecular flexibility index (Phi) is 7.65. The molecule has 186 valence electrons. The van der Waals surface area contributed by atoms with Crippen molar-refractivity contribution in [2.45, 2.75) is 25.9 Å². The number of nitrogens with one attached hydrogen (secondary N) is 1. The second-order valence-electron chi connectivity index (χ2n) is 8.59. The van der Waals surface area contributed by atoms with Gasteiger partial charge in [-0.15, -0.1) is 0 Å². The van der Waals surface area contributed by atoms with Crippen LogP contribution >= 0.6 is 11.6 Å². The lowest BCUT2D eigenvalue weighted by atomic mass is 9.96. The van der Waals surface area contributed by atoms with E-state index in [2.05, 4.69) is 10.2 Å². The predicted octanol–water partition coefficient (Wildman–Crippen LogP) is 3.46. The van der Waals surface area contributed by atoms with E-state index in [4.69, 9.17) is 26.8 Å². The minimum absolute atomic E-state index is 0.0423. The van der Waals surface area contributed by atoms with Gasteiger partial charge in [-0.1, -0.05) is 11.6 Å². The molecule has 2 aromatic rings. The normalized spacial score (nSPS) is 18.3. The summed E-state index contributed by atoms with van der Waals surface area (Å²) in [5.74, 6) is -0.476. The first-order chi connectivity index (χ1) is 16.9. The number of carbonyl (C=O) groups excluding carboxylic acids is 3. The van der Waals surface area contributed by atoms with Crippen molar-refractivity contribution in [1.29, 1.82) is 0 Å². The number of anilines is 3. The zero-order valence-corrected chi connectivity index (χ0v) is 20.3. The molecule has 1 atom stereocenters. The van der Waals surface area contributed by atoms with Crippen LogP contribution in [-0.2, 0) is 14.3 Å². The Morgan fingerprint density at radius 3 is 2.49 bits per heavy atom. The lowest BCUT2D eigenvalue weighted by Gasteiger charge is -2.32. The highest BCUT2D eigenvalue weighted by atomic mass is 35.5. The highest BCUT2D eigenvalue weighted by molar-refractivity contribution is 6.33. The third-order valence-electron chi connectivity index (χ3n) is 6.26. The number of nitrogen functional groups attached to an aromatic ring is 1. The maximum atomic E-state index is 12.4. The number of cyclic esters (lactones) is 1. The van der Waals surface area contributed by atoms with Crippen molar-refractivity contribution in [2.75, 3.05) is 48.3 Å². The van der Waals surface area contributed by atoms with E-state index in [9.17, 15) is 14.4 Å². The van der Waals surface area contributed by atoms with E-state index in [1.165, 1.54) is 6.07 Å². The molecule has 0 aliphatic carbocycles. The van der Waals surface area contributed by atoms with Crippen LogP contribution in [0.25, 0.3) is 0 Å². The van der Waals surface area contributed by atoms with Gasteiger partial charge in [0.1, 0.15) is 6.10 Å². The fourth-order valence-corrected chi connectivity index (χ4v) is 4.43. The molecule has 0 spiro atoms. The molecule has 0 unspecified atom stereocenters. The van der Waals surface area contributed by atoms with Crippen LogP contribution < -0.4 is 20.9 Å². The van der Waals surface area contributed by atoms with Crippen LogP contribution in [0.1, 0.15) is 30.1 Å². The van der Waals surface area contributed by atoms with Crippen molar-refractivity contribution in [1.82, 2.24) is 5.32 Å². The van der Waals surface area contributed by atoms with E-state index < -0.39 is 12.2 Å². The first kappa shape index (κ1) is 24.7. The molecule has 2 amide bonds. The summed E-state index contributed by atoms with van der Waals surface area (Å²) in [5.41, 5.74) is 8.22. The number of hydrogen-bond donors (Lipinski definition) is 2. The fraction of sp³-hybridized carbons (Fsp3) is 0.400. The zero-order chi connectivity index (χ0) is 24.9. The summed E-state index contributed by atoms with van der Waals surface area (Å²) in [5, 5.41) is 3.15. The maximum absolute atomic E-state index is 12.4. The number of carbonyl (C=O) groups is 3. The molecule has 3 N–H and O–H groups in total. The van der Waals surface area contributed by atoms with Crippen LogP contribution in [0.15, 0.2) is 42.5 Å². The third kappa shape index (κ3) is 5.79. The van der Waals surface area contributed by atoms with Gasteiger partial charge in [-0.25, -0.2) is 4.79 Å². The number of nitrogens with zero attached hydrogens (tertiary/aromatic N) is 2. The van der Waals surface area contributed by atoms with Crippen molar-refractivity contribution >= 4 is 46.6 Å². The summed E-state index contributed by atoms with van der Waals surface area (Å²) >= 11 is 5.90. The Bertz CT molecular complexity index is 1090. The second kappa shape index (κ2) is 10.9. The Labute approximate surface area is 209 Å². The molecule has 2 heterocycles. The molecule has 2 fully saturated rings. The monoisotopic (exact) mass is 500 g/mol. The summed E-state index contributed by atoms with van der Waals surface area (Å²) in [7, 11) is 0. The summed E-state index contributed by atoms with van der Waals surface area (Å²) < 4.78 is 10.6. The molecule has 0 aromatic heterocycles. The summed E-state index contributed by atoms with van der Waals surface area (Å²) in [6.45, 7) is 4.28. The Hall–Kier alpha value is -3.46. The van der Waals surface area contributed by atoms with Gasteiger partial charge in [-0.2, -0.15) is 0 Å². The van der Waals surface area contributed by atoms with Crippen LogP contribution in [0, 0.1) is 5.92 Å². The number of benzene rings is 2. The molecule has 2 aromatic carbocycles. The maximum Gasteiger partial charge on any atom is 0.414 e. The minimum atomic E-state index is -0.474.